The Kier molecular flexibility index (Phi) is 6.01. The predicted octanol–water partition coefficient (Wildman–Crippen LogP) is 4.69. The third-order valence-corrected chi connectivity index (χ3v) is 6.82. The van der Waals surface area contributed by atoms with Crippen LogP contribution in [0.3, 0.4) is 0 Å². The van der Waals surface area contributed by atoms with E-state index in [2.05, 4.69) is 51.6 Å². The van der Waals surface area contributed by atoms with Crippen LogP contribution in [0.4, 0.5) is 11.4 Å². The quantitative estimate of drug-likeness (QED) is 0.638. The van der Waals surface area contributed by atoms with Gasteiger partial charge in [0.2, 0.25) is 5.01 Å². The first-order valence-electron chi connectivity index (χ1n) is 9.41. The van der Waals surface area contributed by atoms with E-state index in [0.717, 1.165) is 23.7 Å². The van der Waals surface area contributed by atoms with Gasteiger partial charge in [0.05, 0.1) is 19.3 Å². The molecule has 1 unspecified atom stereocenters. The molecule has 0 radical (unpaired) electrons. The molecule has 0 spiro atoms. The number of nitrogens with zero attached hydrogens (tertiary/aromatic N) is 3. The minimum atomic E-state index is -0.251. The van der Waals surface area contributed by atoms with Gasteiger partial charge in [-0.15, -0.1) is 22.0 Å². The summed E-state index contributed by atoms with van der Waals surface area (Å²) in [6.45, 7) is 3.87. The fourth-order valence-corrected chi connectivity index (χ4v) is 5.03. The Balaban J connectivity index is 1.45. The summed E-state index contributed by atoms with van der Waals surface area (Å²) in [4.78, 5) is 16.1. The molecule has 1 aliphatic rings. The van der Waals surface area contributed by atoms with Crippen molar-refractivity contribution in [3.05, 3.63) is 58.5 Å². The molecule has 1 amide bonds. The van der Waals surface area contributed by atoms with Crippen LogP contribution in [0.1, 0.15) is 28.2 Å². The second-order valence-electron chi connectivity index (χ2n) is 6.79. The standard InChI is InChI=1S/C21H22N4O2S2/c1-14-11-12-25(17-5-3-4-6-18(17)28-14)13-19-23-24-21(29-19)20(26)22-15-7-9-16(27-2)10-8-15/h3-10,14H,11-13H2,1-2H3,(H,22,26). The number of nitrogens with one attached hydrogen (secondary N) is 1. The third kappa shape index (κ3) is 4.71. The lowest BCUT2D eigenvalue weighted by atomic mass is 10.2. The molecule has 1 aromatic heterocycles. The summed E-state index contributed by atoms with van der Waals surface area (Å²) < 4.78 is 5.14. The van der Waals surface area contributed by atoms with E-state index in [4.69, 9.17) is 4.74 Å². The number of aromatic nitrogens is 2. The first-order valence-corrected chi connectivity index (χ1v) is 11.1. The summed E-state index contributed by atoms with van der Waals surface area (Å²) in [6, 6.07) is 15.7. The van der Waals surface area contributed by atoms with E-state index in [1.165, 1.54) is 21.9 Å². The molecule has 1 N–H and O–H groups in total. The Hall–Kier alpha value is -2.58. The summed E-state index contributed by atoms with van der Waals surface area (Å²) in [6.07, 6.45) is 1.10. The average molecular weight is 427 g/mol. The zero-order valence-corrected chi connectivity index (χ0v) is 17.9. The van der Waals surface area contributed by atoms with E-state index in [1.54, 1.807) is 31.4 Å². The lowest BCUT2D eigenvalue weighted by molar-refractivity contribution is 0.102. The first kappa shape index (κ1) is 19.7. The minimum absolute atomic E-state index is 0.251. The number of hydrogen-bond acceptors (Lipinski definition) is 7. The highest BCUT2D eigenvalue weighted by Gasteiger charge is 2.21. The number of thioether (sulfide) groups is 1. The maximum Gasteiger partial charge on any atom is 0.286 e. The number of fused-ring (bicyclic) bond motifs is 1. The number of carbonyl (C=O) groups excluding carboxylic acids is 1. The van der Waals surface area contributed by atoms with Crippen molar-refractivity contribution < 1.29 is 9.53 Å². The highest BCUT2D eigenvalue weighted by atomic mass is 32.2. The SMILES string of the molecule is COc1ccc(NC(=O)c2nnc(CN3CCC(C)Sc4ccccc43)s2)cc1. The number of benzene rings is 2. The van der Waals surface area contributed by atoms with E-state index in [-0.39, 0.29) is 5.91 Å². The lowest BCUT2D eigenvalue weighted by Crippen LogP contribution is -2.24. The molecule has 0 aliphatic carbocycles. The Labute approximate surface area is 178 Å². The third-order valence-electron chi connectivity index (χ3n) is 4.67. The molecule has 3 aromatic rings. The van der Waals surface area contributed by atoms with Gasteiger partial charge in [0.1, 0.15) is 10.8 Å². The number of anilines is 2. The van der Waals surface area contributed by atoms with E-state index >= 15 is 0 Å². The van der Waals surface area contributed by atoms with Crippen molar-refractivity contribution in [3.8, 4) is 5.75 Å². The molecule has 6 nitrogen and oxygen atoms in total. The molecule has 8 heteroatoms. The molecular weight excluding hydrogens is 404 g/mol. The molecular formula is C21H22N4O2S2. The summed E-state index contributed by atoms with van der Waals surface area (Å²) in [5.41, 5.74) is 1.92. The number of rotatable bonds is 5. The van der Waals surface area contributed by atoms with Gasteiger partial charge in [0.25, 0.3) is 5.91 Å². The van der Waals surface area contributed by atoms with Gasteiger partial charge in [-0.3, -0.25) is 4.79 Å². The Morgan fingerprint density at radius 1 is 1.21 bits per heavy atom. The second-order valence-corrected chi connectivity index (χ2v) is 9.33. The molecule has 0 saturated carbocycles. The predicted molar refractivity (Wildman–Crippen MR) is 118 cm³/mol. The van der Waals surface area contributed by atoms with Crippen LogP contribution in [-0.2, 0) is 6.54 Å². The molecule has 150 valence electrons. The smallest absolute Gasteiger partial charge is 0.286 e. The number of hydrogen-bond donors (Lipinski definition) is 1. The molecule has 2 heterocycles. The summed E-state index contributed by atoms with van der Waals surface area (Å²) in [5, 5.41) is 13.0. The van der Waals surface area contributed by atoms with Gasteiger partial charge in [-0.05, 0) is 42.8 Å². The van der Waals surface area contributed by atoms with Crippen molar-refractivity contribution in [3.63, 3.8) is 0 Å². The van der Waals surface area contributed by atoms with Crippen LogP contribution in [-0.4, -0.2) is 35.0 Å². The minimum Gasteiger partial charge on any atom is -0.497 e. The van der Waals surface area contributed by atoms with Crippen LogP contribution in [0.15, 0.2) is 53.4 Å². The lowest BCUT2D eigenvalue weighted by Gasteiger charge is -2.23. The fraction of sp³-hybridized carbons (Fsp3) is 0.286. The average Bonchev–Trinajstić information content (AvgIpc) is 3.14. The molecule has 2 aromatic carbocycles. The molecule has 1 atom stereocenters. The van der Waals surface area contributed by atoms with Crippen LogP contribution in [0.25, 0.3) is 0 Å². The van der Waals surface area contributed by atoms with E-state index in [0.29, 0.717) is 22.5 Å². The van der Waals surface area contributed by atoms with Gasteiger partial charge in [0, 0.05) is 22.4 Å². The van der Waals surface area contributed by atoms with Crippen molar-refractivity contribution in [2.75, 3.05) is 23.9 Å². The Morgan fingerprint density at radius 2 is 2.00 bits per heavy atom. The summed E-state index contributed by atoms with van der Waals surface area (Å²) in [5.74, 6) is 0.491. The number of para-hydroxylation sites is 1. The van der Waals surface area contributed by atoms with Crippen LogP contribution < -0.4 is 15.0 Å². The number of ether oxygens (including phenoxy) is 1. The largest absolute Gasteiger partial charge is 0.497 e. The van der Waals surface area contributed by atoms with Crippen molar-refractivity contribution in [1.82, 2.24) is 10.2 Å². The van der Waals surface area contributed by atoms with Gasteiger partial charge < -0.3 is 15.0 Å². The number of amides is 1. The molecule has 0 fully saturated rings. The monoisotopic (exact) mass is 426 g/mol. The van der Waals surface area contributed by atoms with Crippen LogP contribution >= 0.6 is 23.1 Å². The number of carbonyl (C=O) groups is 1. The second kappa shape index (κ2) is 8.84. The zero-order valence-electron chi connectivity index (χ0n) is 16.3. The Morgan fingerprint density at radius 3 is 2.79 bits per heavy atom. The van der Waals surface area contributed by atoms with Gasteiger partial charge in [-0.2, -0.15) is 0 Å². The normalized spacial score (nSPS) is 16.1. The van der Waals surface area contributed by atoms with Gasteiger partial charge in [0.15, 0.2) is 0 Å². The van der Waals surface area contributed by atoms with Gasteiger partial charge >= 0.3 is 0 Å². The van der Waals surface area contributed by atoms with Gasteiger partial charge in [-0.25, -0.2) is 0 Å². The van der Waals surface area contributed by atoms with Crippen molar-refractivity contribution >= 4 is 40.4 Å². The summed E-state index contributed by atoms with van der Waals surface area (Å²) >= 11 is 3.25. The van der Waals surface area contributed by atoms with Crippen LogP contribution in [0.5, 0.6) is 5.75 Å². The zero-order chi connectivity index (χ0) is 20.2. The molecule has 4 rings (SSSR count). The maximum absolute atomic E-state index is 12.5. The molecule has 0 bridgehead atoms. The highest BCUT2D eigenvalue weighted by molar-refractivity contribution is 8.00. The van der Waals surface area contributed by atoms with E-state index < -0.39 is 0 Å². The van der Waals surface area contributed by atoms with Crippen molar-refractivity contribution in [2.45, 2.75) is 30.0 Å². The van der Waals surface area contributed by atoms with Crippen molar-refractivity contribution in [1.29, 1.82) is 0 Å². The Bertz CT molecular complexity index is 990. The maximum atomic E-state index is 12.5. The molecule has 1 aliphatic heterocycles. The van der Waals surface area contributed by atoms with Crippen LogP contribution in [0, 0.1) is 0 Å². The first-order chi connectivity index (χ1) is 14.1. The summed E-state index contributed by atoms with van der Waals surface area (Å²) in [7, 11) is 1.61. The number of methoxy groups -OCH3 is 1. The molecule has 0 saturated heterocycles. The van der Waals surface area contributed by atoms with E-state index in [1.807, 2.05) is 11.8 Å². The van der Waals surface area contributed by atoms with Crippen LogP contribution in [0.2, 0.25) is 0 Å². The van der Waals surface area contributed by atoms with E-state index in [9.17, 15) is 4.79 Å². The van der Waals surface area contributed by atoms with Gasteiger partial charge in [-0.1, -0.05) is 30.4 Å². The topological polar surface area (TPSA) is 67.3 Å². The highest BCUT2D eigenvalue weighted by Crippen LogP contribution is 2.38. The molecule has 29 heavy (non-hydrogen) atoms. The fourth-order valence-electron chi connectivity index (χ4n) is 3.15. The van der Waals surface area contributed by atoms with Crippen molar-refractivity contribution in [2.24, 2.45) is 0 Å².